The highest BCUT2D eigenvalue weighted by Crippen LogP contribution is 2.25. The molecule has 0 aliphatic carbocycles. The average Bonchev–Trinajstić information content (AvgIpc) is 3.27. The van der Waals surface area contributed by atoms with Crippen molar-refractivity contribution < 1.29 is 13.6 Å². The lowest BCUT2D eigenvalue weighted by molar-refractivity contribution is -0.133. The van der Waals surface area contributed by atoms with Crippen LogP contribution in [0, 0.1) is 25.5 Å². The van der Waals surface area contributed by atoms with E-state index in [2.05, 4.69) is 17.1 Å². The van der Waals surface area contributed by atoms with Crippen LogP contribution in [0.2, 0.25) is 0 Å². The highest BCUT2D eigenvalue weighted by Gasteiger charge is 2.27. The van der Waals surface area contributed by atoms with Gasteiger partial charge >= 0.3 is 0 Å². The smallest absolute Gasteiger partial charge is 0.266 e. The van der Waals surface area contributed by atoms with Crippen molar-refractivity contribution in [1.82, 2.24) is 39.1 Å². The molecule has 0 aliphatic rings. The van der Waals surface area contributed by atoms with Crippen molar-refractivity contribution in [2.45, 2.75) is 98.1 Å². The molecule has 348 valence electrons. The maximum absolute atomic E-state index is 13.8. The summed E-state index contributed by atoms with van der Waals surface area (Å²) in [5.41, 5.74) is 3.98. The fourth-order valence-corrected chi connectivity index (χ4v) is 7.84. The average molecular weight is 891 g/mol. The van der Waals surface area contributed by atoms with Gasteiger partial charge in [-0.1, -0.05) is 68.7 Å². The number of aryl methyl sites for hydroxylation is 2. The van der Waals surface area contributed by atoms with Crippen LogP contribution >= 0.6 is 0 Å². The molecule has 2 heterocycles. The number of benzene rings is 4. The molecule has 6 rings (SSSR count). The first-order valence-electron chi connectivity index (χ1n) is 23.0. The minimum atomic E-state index is -0.449. The normalized spacial score (nSPS) is 12.4. The van der Waals surface area contributed by atoms with Crippen LogP contribution in [0.5, 0.6) is 0 Å². The molecule has 13 heteroatoms. The van der Waals surface area contributed by atoms with Crippen LogP contribution in [-0.2, 0) is 4.79 Å². The fraction of sp³-hybridized carbons (Fsp3) is 0.442. The van der Waals surface area contributed by atoms with E-state index in [-0.39, 0.29) is 34.7 Å². The van der Waals surface area contributed by atoms with Gasteiger partial charge in [0.15, 0.2) is 0 Å². The van der Waals surface area contributed by atoms with Gasteiger partial charge in [-0.25, -0.2) is 18.7 Å². The van der Waals surface area contributed by atoms with Crippen LogP contribution in [0.3, 0.4) is 0 Å². The number of carbonyl (C=O) groups is 1. The summed E-state index contributed by atoms with van der Waals surface area (Å²) in [7, 11) is 7.98. The first kappa shape index (κ1) is 50.4. The first-order chi connectivity index (χ1) is 31.1. The Hall–Kier alpha value is -5.63. The van der Waals surface area contributed by atoms with E-state index in [4.69, 9.17) is 9.97 Å². The third kappa shape index (κ3) is 13.7. The predicted molar refractivity (Wildman–Crippen MR) is 260 cm³/mol. The second kappa shape index (κ2) is 24.1. The van der Waals surface area contributed by atoms with Crippen LogP contribution in [0.15, 0.2) is 94.5 Å². The van der Waals surface area contributed by atoms with Gasteiger partial charge in [0.25, 0.3) is 11.1 Å². The van der Waals surface area contributed by atoms with E-state index in [0.29, 0.717) is 64.3 Å². The van der Waals surface area contributed by atoms with E-state index >= 15 is 0 Å². The van der Waals surface area contributed by atoms with Crippen molar-refractivity contribution in [3.8, 4) is 11.4 Å². The second-order valence-electron chi connectivity index (χ2n) is 17.6. The highest BCUT2D eigenvalue weighted by atomic mass is 19.1. The third-order valence-electron chi connectivity index (χ3n) is 11.6. The molecule has 2 unspecified atom stereocenters. The Balaban J connectivity index is 0.000000258. The molecule has 0 fully saturated rings. The molecule has 4 aromatic carbocycles. The monoisotopic (exact) mass is 891 g/mol. The van der Waals surface area contributed by atoms with Crippen molar-refractivity contribution in [1.29, 1.82) is 0 Å². The summed E-state index contributed by atoms with van der Waals surface area (Å²) in [6, 6.07) is 22.5. The van der Waals surface area contributed by atoms with Crippen LogP contribution in [0.1, 0.15) is 107 Å². The van der Waals surface area contributed by atoms with Crippen molar-refractivity contribution >= 4 is 27.7 Å². The Morgan fingerprint density at radius 3 is 1.58 bits per heavy atom. The van der Waals surface area contributed by atoms with Crippen molar-refractivity contribution in [3.63, 3.8) is 0 Å². The number of halogens is 2. The molecule has 0 radical (unpaired) electrons. The Kier molecular flexibility index (Phi) is 18.6. The van der Waals surface area contributed by atoms with Crippen molar-refractivity contribution in [2.24, 2.45) is 0 Å². The minimum Gasteiger partial charge on any atom is -0.331 e. The van der Waals surface area contributed by atoms with Crippen molar-refractivity contribution in [2.75, 3.05) is 54.4 Å². The van der Waals surface area contributed by atoms with Gasteiger partial charge in [0, 0.05) is 32.6 Å². The van der Waals surface area contributed by atoms with Gasteiger partial charge in [-0.05, 0) is 135 Å². The van der Waals surface area contributed by atoms with E-state index in [9.17, 15) is 23.2 Å². The van der Waals surface area contributed by atoms with E-state index in [1.807, 2.05) is 102 Å². The molecule has 0 saturated carbocycles. The number of fused-ring (bicyclic) bond motifs is 2. The number of amides is 1. The zero-order valence-corrected chi connectivity index (χ0v) is 39.8. The van der Waals surface area contributed by atoms with Crippen LogP contribution in [0.25, 0.3) is 33.2 Å². The summed E-state index contributed by atoms with van der Waals surface area (Å²) in [4.78, 5) is 56.2. The molecule has 0 aliphatic heterocycles. The summed E-state index contributed by atoms with van der Waals surface area (Å²) in [5.74, 6) is 0.441. The number of carbonyl (C=O) groups excluding carboxylic acids is 1. The summed E-state index contributed by atoms with van der Waals surface area (Å²) < 4.78 is 30.3. The summed E-state index contributed by atoms with van der Waals surface area (Å²) in [5, 5.41) is 4.48. The highest BCUT2D eigenvalue weighted by molar-refractivity contribution is 5.80. The number of unbranched alkanes of at least 4 members (excludes halogenated alkanes) is 6. The lowest BCUT2D eigenvalue weighted by Crippen LogP contribution is -2.40. The molecule has 11 nitrogen and oxygen atoms in total. The summed E-state index contributed by atoms with van der Waals surface area (Å²) >= 11 is 0. The molecular formula is C52H68F2N8O3. The minimum absolute atomic E-state index is 0.0665. The van der Waals surface area contributed by atoms with E-state index in [1.54, 1.807) is 28.8 Å². The molecule has 1 N–H and O–H groups in total. The maximum Gasteiger partial charge on any atom is 0.266 e. The zero-order chi connectivity index (χ0) is 47.2. The summed E-state index contributed by atoms with van der Waals surface area (Å²) in [6.45, 7) is 12.9. The van der Waals surface area contributed by atoms with Crippen LogP contribution in [-0.4, -0.2) is 94.1 Å². The molecule has 0 bridgehead atoms. The molecule has 2 aromatic heterocycles. The Morgan fingerprint density at radius 1 is 0.631 bits per heavy atom. The number of aromatic nitrogens is 4. The SMILES string of the molecule is CCCCCCCCCC(=O)N(CCN(C)C)C(C)c1nc2ccc(C)cc2c(=O)n1-c1ccc(F)cc1.Cc1ccc2nc(C(C)NCCN(C)C)n(-c3ccc(F)cc3)c(=O)c2c1. The molecular weight excluding hydrogens is 823 g/mol. The Bertz CT molecular complexity index is 2610. The molecule has 0 spiro atoms. The fourth-order valence-electron chi connectivity index (χ4n) is 7.84. The summed E-state index contributed by atoms with van der Waals surface area (Å²) in [6.07, 6.45) is 8.48. The molecule has 65 heavy (non-hydrogen) atoms. The molecule has 2 atom stereocenters. The van der Waals surface area contributed by atoms with Gasteiger partial charge in [0.05, 0.1) is 45.3 Å². The van der Waals surface area contributed by atoms with Gasteiger partial charge in [-0.15, -0.1) is 0 Å². The lowest BCUT2D eigenvalue weighted by atomic mass is 10.1. The largest absolute Gasteiger partial charge is 0.331 e. The van der Waals surface area contributed by atoms with Crippen molar-refractivity contribution in [3.05, 3.63) is 140 Å². The topological polar surface area (TPSA) is 109 Å². The predicted octanol–water partition coefficient (Wildman–Crippen LogP) is 9.47. The van der Waals surface area contributed by atoms with Gasteiger partial charge in [-0.2, -0.15) is 0 Å². The maximum atomic E-state index is 13.8. The number of rotatable bonds is 20. The van der Waals surface area contributed by atoms with E-state index in [1.165, 1.54) is 54.5 Å². The third-order valence-corrected chi connectivity index (χ3v) is 11.6. The zero-order valence-electron chi connectivity index (χ0n) is 39.8. The van der Waals surface area contributed by atoms with Gasteiger partial charge < -0.3 is 20.0 Å². The molecule has 6 aromatic rings. The second-order valence-corrected chi connectivity index (χ2v) is 17.6. The molecule has 1 amide bonds. The van der Waals surface area contributed by atoms with Gasteiger partial charge in [0.1, 0.15) is 23.3 Å². The van der Waals surface area contributed by atoms with Crippen LogP contribution < -0.4 is 16.4 Å². The first-order valence-corrected chi connectivity index (χ1v) is 23.0. The number of nitrogens with one attached hydrogen (secondary N) is 1. The Labute approximate surface area is 383 Å². The van der Waals surface area contributed by atoms with Crippen LogP contribution in [0.4, 0.5) is 8.78 Å². The number of hydrogen-bond acceptors (Lipinski definition) is 8. The molecule has 0 saturated heterocycles. The lowest BCUT2D eigenvalue weighted by Gasteiger charge is -2.31. The Morgan fingerprint density at radius 2 is 1.09 bits per heavy atom. The van der Waals surface area contributed by atoms with E-state index < -0.39 is 6.04 Å². The standard InChI is InChI=1S/C31H43FN4O2.C21H25FN4O/c1-6-7-8-9-10-11-12-13-29(37)35(21-20-34(4)5)24(3)30-33-28-19-14-23(2)22-27(28)31(38)36(30)26-17-15-25(32)16-18-26;1-14-5-10-19-18(13-14)21(27)26(17-8-6-16(22)7-9-17)20(24-19)15(2)23-11-12-25(3)4/h14-19,22,24H,6-13,20-21H2,1-5H3;5-10,13,15,23H,11-12H2,1-4H3. The van der Waals surface area contributed by atoms with Gasteiger partial charge in [-0.3, -0.25) is 23.5 Å². The number of nitrogens with zero attached hydrogens (tertiary/aromatic N) is 7. The number of likely N-dealkylation sites (N-methyl/N-ethyl adjacent to an activating group) is 2. The van der Waals surface area contributed by atoms with E-state index in [0.717, 1.165) is 43.5 Å². The van der Waals surface area contributed by atoms with Gasteiger partial charge in [0.2, 0.25) is 5.91 Å². The number of hydrogen-bond donors (Lipinski definition) is 1. The quantitative estimate of drug-likeness (QED) is 0.0756.